The van der Waals surface area contributed by atoms with Crippen molar-refractivity contribution in [2.75, 3.05) is 13.7 Å². The summed E-state index contributed by atoms with van der Waals surface area (Å²) in [7, 11) is 1.23. The summed E-state index contributed by atoms with van der Waals surface area (Å²) in [5.74, 6) is -1.01. The van der Waals surface area contributed by atoms with Gasteiger partial charge in [-0.3, -0.25) is 14.9 Å². The van der Waals surface area contributed by atoms with Crippen LogP contribution in [0.25, 0.3) is 6.08 Å². The average molecular weight is 328 g/mol. The van der Waals surface area contributed by atoms with Crippen LogP contribution in [0.5, 0.6) is 0 Å². The number of allylic oxidation sites excluding steroid dienone is 1. The maximum absolute atomic E-state index is 12.6. The maximum Gasteiger partial charge on any atom is 0.340 e. The largest absolute Gasteiger partial charge is 0.465 e. The maximum atomic E-state index is 12.6. The fraction of sp³-hybridized carbons (Fsp3) is 0.176. The molecule has 0 spiro atoms. The number of non-ortho nitro benzene ring substituents is 1. The number of carbonyl (C=O) groups is 2. The second-order valence-electron chi connectivity index (χ2n) is 5.07. The Kier molecular flexibility index (Phi) is 4.93. The molecule has 0 saturated heterocycles. The molecule has 24 heavy (non-hydrogen) atoms. The normalized spacial score (nSPS) is 15.8. The summed E-state index contributed by atoms with van der Waals surface area (Å²) in [5, 5.41) is 10.9. The molecule has 0 unspecified atom stereocenters. The predicted molar refractivity (Wildman–Crippen MR) is 87.7 cm³/mol. The van der Waals surface area contributed by atoms with Gasteiger partial charge in [0.25, 0.3) is 11.6 Å². The van der Waals surface area contributed by atoms with Crippen molar-refractivity contribution in [2.24, 2.45) is 0 Å². The summed E-state index contributed by atoms with van der Waals surface area (Å²) in [6, 6.07) is 5.82. The molecule has 0 fully saturated rings. The molecular weight excluding hydrogens is 312 g/mol. The van der Waals surface area contributed by atoms with Crippen molar-refractivity contribution in [3.8, 4) is 0 Å². The van der Waals surface area contributed by atoms with E-state index in [1.54, 1.807) is 19.1 Å². The highest BCUT2D eigenvalue weighted by atomic mass is 16.6. The van der Waals surface area contributed by atoms with Crippen molar-refractivity contribution in [2.45, 2.75) is 6.92 Å². The van der Waals surface area contributed by atoms with Crippen LogP contribution < -0.4 is 0 Å². The Morgan fingerprint density at radius 1 is 1.46 bits per heavy atom. The second kappa shape index (κ2) is 6.91. The summed E-state index contributed by atoms with van der Waals surface area (Å²) >= 11 is 0. The van der Waals surface area contributed by atoms with Gasteiger partial charge in [-0.05, 0) is 18.6 Å². The number of hydrogen-bond acceptors (Lipinski definition) is 5. The second-order valence-corrected chi connectivity index (χ2v) is 5.07. The van der Waals surface area contributed by atoms with Gasteiger partial charge in [-0.1, -0.05) is 18.2 Å². The Hall–Kier alpha value is -3.22. The molecule has 2 rings (SSSR count). The lowest BCUT2D eigenvalue weighted by molar-refractivity contribution is -0.384. The van der Waals surface area contributed by atoms with Crippen LogP contribution in [0.4, 0.5) is 5.69 Å². The Morgan fingerprint density at radius 3 is 2.75 bits per heavy atom. The number of nitro benzene ring substituents is 1. The number of ether oxygens (including phenoxy) is 1. The predicted octanol–water partition coefficient (Wildman–Crippen LogP) is 2.45. The van der Waals surface area contributed by atoms with Gasteiger partial charge in [-0.2, -0.15) is 0 Å². The van der Waals surface area contributed by atoms with Crippen LogP contribution in [0.15, 0.2) is 53.8 Å². The summed E-state index contributed by atoms with van der Waals surface area (Å²) in [4.78, 5) is 36.4. The van der Waals surface area contributed by atoms with E-state index in [1.807, 2.05) is 0 Å². The van der Waals surface area contributed by atoms with E-state index in [1.165, 1.54) is 36.3 Å². The van der Waals surface area contributed by atoms with E-state index < -0.39 is 10.9 Å². The number of esters is 1. The number of methoxy groups -OCH3 is 1. The minimum Gasteiger partial charge on any atom is -0.465 e. The first-order chi connectivity index (χ1) is 11.4. The van der Waals surface area contributed by atoms with E-state index in [4.69, 9.17) is 4.74 Å². The lowest BCUT2D eigenvalue weighted by Gasteiger charge is -2.14. The van der Waals surface area contributed by atoms with Crippen LogP contribution in [0.3, 0.4) is 0 Å². The zero-order chi connectivity index (χ0) is 17.9. The van der Waals surface area contributed by atoms with E-state index in [0.717, 1.165) is 0 Å². The zero-order valence-corrected chi connectivity index (χ0v) is 13.3. The smallest absolute Gasteiger partial charge is 0.340 e. The molecule has 0 bridgehead atoms. The molecule has 7 nitrogen and oxygen atoms in total. The first-order valence-corrected chi connectivity index (χ1v) is 7.09. The number of nitrogens with zero attached hydrogens (tertiary/aromatic N) is 2. The van der Waals surface area contributed by atoms with Gasteiger partial charge < -0.3 is 9.64 Å². The standard InChI is InChI=1S/C17H16N2O5/c1-4-8-18-11(2)15(17(21)24-3)14(16(18)20)10-12-6-5-7-13(9-12)19(22)23/h4-7,9-10H,1,8H2,2-3H3/b14-10-. The summed E-state index contributed by atoms with van der Waals surface area (Å²) in [6.45, 7) is 5.48. The van der Waals surface area contributed by atoms with E-state index in [0.29, 0.717) is 11.3 Å². The van der Waals surface area contributed by atoms with Crippen molar-refractivity contribution < 1.29 is 19.2 Å². The van der Waals surface area contributed by atoms with E-state index in [9.17, 15) is 19.7 Å². The summed E-state index contributed by atoms with van der Waals surface area (Å²) < 4.78 is 4.76. The Labute approximate surface area is 138 Å². The summed E-state index contributed by atoms with van der Waals surface area (Å²) in [5.41, 5.74) is 1.10. The molecule has 0 saturated carbocycles. The van der Waals surface area contributed by atoms with Crippen molar-refractivity contribution in [3.63, 3.8) is 0 Å². The van der Waals surface area contributed by atoms with E-state index >= 15 is 0 Å². The van der Waals surface area contributed by atoms with Crippen LogP contribution in [0.2, 0.25) is 0 Å². The fourth-order valence-electron chi connectivity index (χ4n) is 2.47. The highest BCUT2D eigenvalue weighted by Gasteiger charge is 2.36. The number of amides is 1. The minimum atomic E-state index is -0.635. The molecule has 7 heteroatoms. The van der Waals surface area contributed by atoms with Gasteiger partial charge in [0, 0.05) is 24.4 Å². The molecule has 1 aromatic rings. The van der Waals surface area contributed by atoms with E-state index in [-0.39, 0.29) is 29.3 Å². The highest BCUT2D eigenvalue weighted by Crippen LogP contribution is 2.31. The molecule has 124 valence electrons. The van der Waals surface area contributed by atoms with Crippen LogP contribution >= 0.6 is 0 Å². The first kappa shape index (κ1) is 17.1. The van der Waals surface area contributed by atoms with Gasteiger partial charge in [0.1, 0.15) is 0 Å². The quantitative estimate of drug-likeness (QED) is 0.272. The van der Waals surface area contributed by atoms with Gasteiger partial charge in [-0.15, -0.1) is 6.58 Å². The molecule has 0 radical (unpaired) electrons. The first-order valence-electron chi connectivity index (χ1n) is 7.09. The van der Waals surface area contributed by atoms with Crippen molar-refractivity contribution in [3.05, 3.63) is 69.4 Å². The third-order valence-corrected chi connectivity index (χ3v) is 3.60. The van der Waals surface area contributed by atoms with Crippen molar-refractivity contribution in [1.29, 1.82) is 0 Å². The van der Waals surface area contributed by atoms with Gasteiger partial charge in [0.05, 0.1) is 23.2 Å². The molecule has 0 aromatic heterocycles. The Morgan fingerprint density at radius 2 is 2.17 bits per heavy atom. The number of rotatable bonds is 5. The summed E-state index contributed by atoms with van der Waals surface area (Å²) in [6.07, 6.45) is 3.00. The number of nitro groups is 1. The molecule has 0 atom stereocenters. The molecule has 0 N–H and O–H groups in total. The Bertz CT molecular complexity index is 792. The van der Waals surface area contributed by atoms with Gasteiger partial charge in [0.2, 0.25) is 0 Å². The zero-order valence-electron chi connectivity index (χ0n) is 13.3. The van der Waals surface area contributed by atoms with Crippen LogP contribution in [-0.2, 0) is 14.3 Å². The minimum absolute atomic E-state index is 0.0990. The Balaban J connectivity index is 2.55. The lowest BCUT2D eigenvalue weighted by atomic mass is 10.0. The topological polar surface area (TPSA) is 89.8 Å². The molecule has 1 aliphatic rings. The fourth-order valence-corrected chi connectivity index (χ4v) is 2.47. The molecule has 1 heterocycles. The van der Waals surface area contributed by atoms with Gasteiger partial charge in [0.15, 0.2) is 0 Å². The van der Waals surface area contributed by atoms with E-state index in [2.05, 4.69) is 6.58 Å². The number of carbonyl (C=O) groups excluding carboxylic acids is 2. The highest BCUT2D eigenvalue weighted by molar-refractivity contribution is 6.16. The molecule has 0 aliphatic carbocycles. The van der Waals surface area contributed by atoms with Crippen LogP contribution in [0, 0.1) is 10.1 Å². The monoisotopic (exact) mass is 328 g/mol. The third-order valence-electron chi connectivity index (χ3n) is 3.60. The number of hydrogen-bond donors (Lipinski definition) is 0. The van der Waals surface area contributed by atoms with Crippen molar-refractivity contribution in [1.82, 2.24) is 4.90 Å². The SMILES string of the molecule is C=CCN1C(=O)/C(=C\c2cccc([N+](=O)[O-])c2)C(C(=O)OC)=C1C. The van der Waals surface area contributed by atoms with Gasteiger partial charge >= 0.3 is 5.97 Å². The molecule has 1 aromatic carbocycles. The lowest BCUT2D eigenvalue weighted by Crippen LogP contribution is -2.24. The van der Waals surface area contributed by atoms with Crippen LogP contribution in [-0.4, -0.2) is 35.4 Å². The molecular formula is C17H16N2O5. The van der Waals surface area contributed by atoms with Gasteiger partial charge in [-0.25, -0.2) is 4.79 Å². The van der Waals surface area contributed by atoms with Crippen LogP contribution in [0.1, 0.15) is 12.5 Å². The van der Waals surface area contributed by atoms with Crippen molar-refractivity contribution >= 4 is 23.6 Å². The number of benzene rings is 1. The molecule has 1 amide bonds. The average Bonchev–Trinajstić information content (AvgIpc) is 2.79. The third kappa shape index (κ3) is 3.10. The molecule has 1 aliphatic heterocycles.